The van der Waals surface area contributed by atoms with E-state index in [1.54, 1.807) is 6.92 Å². The average Bonchev–Trinajstić information content (AvgIpc) is 2.82. The second-order valence-corrected chi connectivity index (χ2v) is 9.12. The number of thiophene rings is 1. The second kappa shape index (κ2) is 5.81. The van der Waals surface area contributed by atoms with E-state index in [1.807, 2.05) is 19.9 Å². The minimum Gasteiger partial charge on any atom is -0.466 e. The molecule has 0 aliphatic heterocycles. The molecule has 1 N–H and O–H groups in total. The first kappa shape index (κ1) is 16.0. The van der Waals surface area contributed by atoms with Gasteiger partial charge in [-0.15, -0.1) is 11.3 Å². The van der Waals surface area contributed by atoms with Crippen molar-refractivity contribution < 1.29 is 12.8 Å². The summed E-state index contributed by atoms with van der Waals surface area (Å²) in [6.07, 6.45) is 0. The van der Waals surface area contributed by atoms with Crippen molar-refractivity contribution in [1.29, 1.82) is 0 Å². The van der Waals surface area contributed by atoms with E-state index in [-0.39, 0.29) is 10.3 Å². The summed E-state index contributed by atoms with van der Waals surface area (Å²) in [6, 6.07) is 2.88. The van der Waals surface area contributed by atoms with Crippen LogP contribution in [0.2, 0.25) is 5.02 Å². The highest BCUT2D eigenvalue weighted by Crippen LogP contribution is 2.35. The maximum Gasteiger partial charge on any atom is 0.250 e. The van der Waals surface area contributed by atoms with Gasteiger partial charge in [0.05, 0.1) is 8.81 Å². The standard InChI is InChI=1S/C12H13BrClNO3S2/c1-6-4-9(8(3)18-6)7(2)15-20(16,17)11-5-10(14)12(13)19-11/h4-5,7,15H,1-3H3. The lowest BCUT2D eigenvalue weighted by Crippen LogP contribution is -2.26. The average molecular weight is 399 g/mol. The van der Waals surface area contributed by atoms with Gasteiger partial charge < -0.3 is 4.42 Å². The van der Waals surface area contributed by atoms with Crippen molar-refractivity contribution in [2.75, 3.05) is 0 Å². The fourth-order valence-electron chi connectivity index (χ4n) is 1.89. The van der Waals surface area contributed by atoms with E-state index in [0.29, 0.717) is 14.6 Å². The summed E-state index contributed by atoms with van der Waals surface area (Å²) in [5.41, 5.74) is 0.827. The van der Waals surface area contributed by atoms with Gasteiger partial charge in [-0.25, -0.2) is 13.1 Å². The molecule has 0 saturated heterocycles. The van der Waals surface area contributed by atoms with Crippen LogP contribution in [0.3, 0.4) is 0 Å². The SMILES string of the molecule is Cc1cc(C(C)NS(=O)(=O)c2cc(Cl)c(Br)s2)c(C)o1. The minimum absolute atomic E-state index is 0.180. The highest BCUT2D eigenvalue weighted by atomic mass is 79.9. The molecule has 1 unspecified atom stereocenters. The number of hydrogen-bond acceptors (Lipinski definition) is 4. The molecule has 0 aromatic carbocycles. The lowest BCUT2D eigenvalue weighted by atomic mass is 10.1. The van der Waals surface area contributed by atoms with Crippen LogP contribution in [0.4, 0.5) is 0 Å². The predicted octanol–water partition coefficient (Wildman–Crippen LogP) is 4.41. The molecule has 0 bridgehead atoms. The first-order chi connectivity index (χ1) is 9.20. The van der Waals surface area contributed by atoms with Gasteiger partial charge in [0.15, 0.2) is 0 Å². The van der Waals surface area contributed by atoms with Gasteiger partial charge in [0.1, 0.15) is 15.7 Å². The number of halogens is 2. The molecule has 0 spiro atoms. The Kier molecular flexibility index (Phi) is 4.66. The van der Waals surface area contributed by atoms with Gasteiger partial charge in [0.25, 0.3) is 10.0 Å². The summed E-state index contributed by atoms with van der Waals surface area (Å²) in [7, 11) is -3.60. The Hall–Kier alpha value is -0.340. The van der Waals surface area contributed by atoms with E-state index in [9.17, 15) is 8.42 Å². The third kappa shape index (κ3) is 3.28. The third-order valence-corrected chi connectivity index (χ3v) is 7.25. The lowest BCUT2D eigenvalue weighted by molar-refractivity contribution is 0.496. The van der Waals surface area contributed by atoms with Gasteiger partial charge >= 0.3 is 0 Å². The predicted molar refractivity (Wildman–Crippen MR) is 83.9 cm³/mol. The van der Waals surface area contributed by atoms with Crippen molar-refractivity contribution in [3.8, 4) is 0 Å². The number of aryl methyl sites for hydroxylation is 2. The molecule has 4 nitrogen and oxygen atoms in total. The molecule has 110 valence electrons. The lowest BCUT2D eigenvalue weighted by Gasteiger charge is -2.12. The van der Waals surface area contributed by atoms with Crippen LogP contribution in [-0.2, 0) is 10.0 Å². The zero-order valence-electron chi connectivity index (χ0n) is 11.0. The van der Waals surface area contributed by atoms with E-state index in [1.165, 1.54) is 6.07 Å². The zero-order chi connectivity index (χ0) is 15.1. The number of hydrogen-bond donors (Lipinski definition) is 1. The molecule has 1 atom stereocenters. The maximum atomic E-state index is 12.3. The van der Waals surface area contributed by atoms with Crippen molar-refractivity contribution in [1.82, 2.24) is 4.72 Å². The van der Waals surface area contributed by atoms with E-state index in [2.05, 4.69) is 20.7 Å². The van der Waals surface area contributed by atoms with E-state index in [4.69, 9.17) is 16.0 Å². The van der Waals surface area contributed by atoms with Crippen molar-refractivity contribution in [2.45, 2.75) is 31.0 Å². The Bertz CT molecular complexity index is 716. The second-order valence-electron chi connectivity index (χ2n) is 4.40. The van der Waals surface area contributed by atoms with Crippen LogP contribution in [0.1, 0.15) is 30.0 Å². The van der Waals surface area contributed by atoms with Crippen LogP contribution in [0.5, 0.6) is 0 Å². The maximum absolute atomic E-state index is 12.3. The third-order valence-electron chi connectivity index (χ3n) is 2.77. The molecular formula is C12H13BrClNO3S2. The first-order valence-corrected chi connectivity index (χ1v) is 9.22. The quantitative estimate of drug-likeness (QED) is 0.829. The van der Waals surface area contributed by atoms with Crippen LogP contribution in [-0.4, -0.2) is 8.42 Å². The molecule has 8 heteroatoms. The van der Waals surface area contributed by atoms with Gasteiger partial charge in [-0.05, 0) is 48.8 Å². The summed E-state index contributed by atoms with van der Waals surface area (Å²) in [5.74, 6) is 1.47. The normalized spacial score (nSPS) is 13.7. The largest absolute Gasteiger partial charge is 0.466 e. The summed E-state index contributed by atoms with van der Waals surface area (Å²) in [5, 5.41) is 0.387. The van der Waals surface area contributed by atoms with E-state index < -0.39 is 10.0 Å². The Morgan fingerprint density at radius 3 is 2.50 bits per heavy atom. The van der Waals surface area contributed by atoms with Gasteiger partial charge in [0.2, 0.25) is 0 Å². The molecule has 0 saturated carbocycles. The molecule has 0 radical (unpaired) electrons. The number of sulfonamides is 1. The Balaban J connectivity index is 2.26. The van der Waals surface area contributed by atoms with E-state index >= 15 is 0 Å². The highest BCUT2D eigenvalue weighted by Gasteiger charge is 2.23. The Morgan fingerprint density at radius 1 is 1.40 bits per heavy atom. The Morgan fingerprint density at radius 2 is 2.05 bits per heavy atom. The van der Waals surface area contributed by atoms with Crippen LogP contribution < -0.4 is 4.72 Å². The topological polar surface area (TPSA) is 59.3 Å². The van der Waals surface area contributed by atoms with Crippen molar-refractivity contribution >= 4 is 48.9 Å². The van der Waals surface area contributed by atoms with Crippen LogP contribution in [0.25, 0.3) is 0 Å². The van der Waals surface area contributed by atoms with Gasteiger partial charge in [-0.2, -0.15) is 0 Å². The van der Waals surface area contributed by atoms with Crippen LogP contribution in [0, 0.1) is 13.8 Å². The highest BCUT2D eigenvalue weighted by molar-refractivity contribution is 9.11. The molecule has 0 amide bonds. The summed E-state index contributed by atoms with van der Waals surface area (Å²) in [4.78, 5) is 0. The molecule has 2 aromatic rings. The molecule has 20 heavy (non-hydrogen) atoms. The van der Waals surface area contributed by atoms with Gasteiger partial charge in [0, 0.05) is 11.6 Å². The van der Waals surface area contributed by atoms with E-state index in [0.717, 1.165) is 22.7 Å². The molecule has 0 fully saturated rings. The fraction of sp³-hybridized carbons (Fsp3) is 0.333. The Labute approximate surface area is 135 Å². The van der Waals surface area contributed by atoms with Crippen LogP contribution >= 0.6 is 38.9 Å². The zero-order valence-corrected chi connectivity index (χ0v) is 15.0. The fourth-order valence-corrected chi connectivity index (χ4v) is 5.53. The number of nitrogens with one attached hydrogen (secondary N) is 1. The number of furan rings is 1. The minimum atomic E-state index is -3.60. The first-order valence-electron chi connectivity index (χ1n) is 5.75. The molecule has 0 aliphatic carbocycles. The van der Waals surface area contributed by atoms with Crippen LogP contribution in [0.15, 0.2) is 24.5 Å². The van der Waals surface area contributed by atoms with Crippen molar-refractivity contribution in [2.24, 2.45) is 0 Å². The monoisotopic (exact) mass is 397 g/mol. The molecular weight excluding hydrogens is 386 g/mol. The summed E-state index contributed by atoms with van der Waals surface area (Å²) >= 11 is 10.2. The van der Waals surface area contributed by atoms with Gasteiger partial charge in [-0.1, -0.05) is 11.6 Å². The van der Waals surface area contributed by atoms with Gasteiger partial charge in [-0.3, -0.25) is 0 Å². The molecule has 2 rings (SSSR count). The number of rotatable bonds is 4. The molecule has 2 aromatic heterocycles. The smallest absolute Gasteiger partial charge is 0.250 e. The summed E-state index contributed by atoms with van der Waals surface area (Å²) in [6.45, 7) is 5.42. The summed E-state index contributed by atoms with van der Waals surface area (Å²) < 4.78 is 33.4. The molecule has 2 heterocycles. The van der Waals surface area contributed by atoms with Crippen molar-refractivity contribution in [3.05, 3.63) is 38.0 Å². The van der Waals surface area contributed by atoms with Crippen molar-refractivity contribution in [3.63, 3.8) is 0 Å². The molecule has 0 aliphatic rings.